The summed E-state index contributed by atoms with van der Waals surface area (Å²) in [6, 6.07) is 0. The van der Waals surface area contributed by atoms with Crippen molar-refractivity contribution in [3.63, 3.8) is 0 Å². The van der Waals surface area contributed by atoms with Gasteiger partial charge in [-0.25, -0.2) is 0 Å². The first-order chi connectivity index (χ1) is 2.89. The van der Waals surface area contributed by atoms with Gasteiger partial charge in [-0.05, 0) is 12.8 Å². The Balaban J connectivity index is 2.37. The Labute approximate surface area is 40.2 Å². The van der Waals surface area contributed by atoms with Crippen molar-refractivity contribution in [1.82, 2.24) is 0 Å². The van der Waals surface area contributed by atoms with Crippen LogP contribution in [0.3, 0.4) is 0 Å². The van der Waals surface area contributed by atoms with Crippen LogP contribution in [0.15, 0.2) is 0 Å². The Bertz CT molecular complexity index is 61.9. The molecule has 0 unspecified atom stereocenters. The quantitative estimate of drug-likeness (QED) is 0.438. The highest BCUT2D eigenvalue weighted by molar-refractivity contribution is 7.85. The normalized spacial score (nSPS) is 25.3. The Kier molecular flexibility index (Phi) is 1.25. The van der Waals surface area contributed by atoms with Crippen LogP contribution >= 0.6 is 0 Å². The zero-order valence-corrected chi connectivity index (χ0v) is 4.46. The number of hydrogen-bond acceptors (Lipinski definition) is 1. The zero-order chi connectivity index (χ0) is 4.41. The fourth-order valence-corrected chi connectivity index (χ4v) is 1.88. The highest BCUT2D eigenvalue weighted by atomic mass is 32.2. The van der Waals surface area contributed by atoms with Crippen molar-refractivity contribution < 1.29 is 4.21 Å². The van der Waals surface area contributed by atoms with Gasteiger partial charge in [0.05, 0.1) is 0 Å². The summed E-state index contributed by atoms with van der Waals surface area (Å²) in [5, 5.41) is 0. The van der Waals surface area contributed by atoms with E-state index >= 15 is 0 Å². The summed E-state index contributed by atoms with van der Waals surface area (Å²) in [6.45, 7) is 0. The molecule has 0 aliphatic carbocycles. The van der Waals surface area contributed by atoms with Crippen LogP contribution in [0.2, 0.25) is 0 Å². The number of hydrogen-bond donors (Lipinski definition) is 0. The minimum atomic E-state index is -0.423. The van der Waals surface area contributed by atoms with Gasteiger partial charge in [-0.3, -0.25) is 4.21 Å². The van der Waals surface area contributed by atoms with Gasteiger partial charge >= 0.3 is 0 Å². The maximum absolute atomic E-state index is 10.4. The molecule has 6 heavy (non-hydrogen) atoms. The Morgan fingerprint density at radius 3 is 1.83 bits per heavy atom. The van der Waals surface area contributed by atoms with Crippen molar-refractivity contribution in [1.29, 1.82) is 0 Å². The Morgan fingerprint density at radius 2 is 1.67 bits per heavy atom. The van der Waals surface area contributed by atoms with Crippen LogP contribution in [0.4, 0.5) is 0 Å². The van der Waals surface area contributed by atoms with Crippen LogP contribution in [-0.2, 0) is 10.8 Å². The molecule has 0 aromatic heterocycles. The van der Waals surface area contributed by atoms with Crippen molar-refractivity contribution in [2.75, 3.05) is 11.5 Å². The second-order valence-corrected chi connectivity index (χ2v) is 3.25. The lowest BCUT2D eigenvalue weighted by Gasteiger charge is -1.74. The summed E-state index contributed by atoms with van der Waals surface area (Å²) in [7, 11) is -0.423. The van der Waals surface area contributed by atoms with E-state index in [1.54, 1.807) is 0 Å². The predicted molar refractivity (Wildman–Crippen MR) is 27.1 cm³/mol. The number of rotatable bonds is 0. The van der Waals surface area contributed by atoms with Crippen LogP contribution in [0.1, 0.15) is 12.8 Å². The molecule has 2 heteroatoms. The summed E-state index contributed by atoms with van der Waals surface area (Å²) in [4.78, 5) is 0. The molecule has 1 aliphatic heterocycles. The van der Waals surface area contributed by atoms with Crippen molar-refractivity contribution in [2.24, 2.45) is 0 Å². The van der Waals surface area contributed by atoms with Crippen molar-refractivity contribution >= 4 is 10.8 Å². The molecule has 0 amide bonds. The second-order valence-electron chi connectivity index (χ2n) is 1.56. The summed E-state index contributed by atoms with van der Waals surface area (Å²) in [6.07, 6.45) is 2.37. The lowest BCUT2D eigenvalue weighted by Crippen LogP contribution is -1.85. The molecule has 1 rings (SSSR count). The Hall–Kier alpha value is 0.150. The molecule has 0 radical (unpaired) electrons. The van der Waals surface area contributed by atoms with E-state index in [1.807, 2.05) is 0 Å². The van der Waals surface area contributed by atoms with E-state index in [2.05, 4.69) is 0 Å². The zero-order valence-electron chi connectivity index (χ0n) is 3.64. The SMILES string of the molecule is O=S1CCCC1. The van der Waals surface area contributed by atoms with E-state index in [4.69, 9.17) is 0 Å². The fourth-order valence-electron chi connectivity index (χ4n) is 0.628. The molecule has 1 saturated heterocycles. The van der Waals surface area contributed by atoms with Crippen LogP contribution < -0.4 is 0 Å². The smallest absolute Gasteiger partial charge is 0.0235 e. The van der Waals surface area contributed by atoms with Crippen LogP contribution in [0.5, 0.6) is 0 Å². The van der Waals surface area contributed by atoms with E-state index < -0.39 is 10.8 Å². The first kappa shape index (κ1) is 4.31. The standard InChI is InChI=1S/C4H8OS/c5-6-3-1-2-4-6/h1-4H2. The molecular weight excluding hydrogens is 96.1 g/mol. The molecule has 1 aliphatic rings. The van der Waals surface area contributed by atoms with Crippen molar-refractivity contribution in [3.8, 4) is 0 Å². The second kappa shape index (κ2) is 1.73. The van der Waals surface area contributed by atoms with Gasteiger partial charge in [0, 0.05) is 22.3 Å². The summed E-state index contributed by atoms with van der Waals surface area (Å²) < 4.78 is 10.4. The Morgan fingerprint density at radius 1 is 1.17 bits per heavy atom. The first-order valence-electron chi connectivity index (χ1n) is 2.24. The third-order valence-corrected chi connectivity index (χ3v) is 2.48. The highest BCUT2D eigenvalue weighted by Crippen LogP contribution is 2.03. The molecule has 0 spiro atoms. The minimum Gasteiger partial charge on any atom is -0.260 e. The maximum atomic E-state index is 10.4. The predicted octanol–water partition coefficient (Wildman–Crippen LogP) is 0.529. The van der Waals surface area contributed by atoms with Gasteiger partial charge in [0.15, 0.2) is 0 Å². The van der Waals surface area contributed by atoms with E-state index in [1.165, 1.54) is 12.8 Å². The molecule has 1 nitrogen and oxygen atoms in total. The van der Waals surface area contributed by atoms with Gasteiger partial charge in [0.25, 0.3) is 0 Å². The molecule has 0 aromatic carbocycles. The van der Waals surface area contributed by atoms with Crippen LogP contribution in [0.25, 0.3) is 0 Å². The van der Waals surface area contributed by atoms with E-state index in [0.29, 0.717) is 0 Å². The summed E-state index contributed by atoms with van der Waals surface area (Å²) >= 11 is 0. The molecule has 1 heterocycles. The monoisotopic (exact) mass is 104 g/mol. The fraction of sp³-hybridized carbons (Fsp3) is 1.00. The average molecular weight is 104 g/mol. The highest BCUT2D eigenvalue weighted by Gasteiger charge is 2.05. The van der Waals surface area contributed by atoms with E-state index in [0.717, 1.165) is 11.5 Å². The van der Waals surface area contributed by atoms with Gasteiger partial charge in [-0.1, -0.05) is 0 Å². The van der Waals surface area contributed by atoms with Gasteiger partial charge < -0.3 is 0 Å². The lowest BCUT2D eigenvalue weighted by molar-refractivity contribution is 0.687. The average Bonchev–Trinajstić information content (AvgIpc) is 1.86. The van der Waals surface area contributed by atoms with Crippen LogP contribution in [-0.4, -0.2) is 15.7 Å². The first-order valence-corrected chi connectivity index (χ1v) is 3.73. The molecule has 0 saturated carbocycles. The van der Waals surface area contributed by atoms with Gasteiger partial charge in [-0.2, -0.15) is 0 Å². The third kappa shape index (κ3) is 0.805. The van der Waals surface area contributed by atoms with Gasteiger partial charge in [0.1, 0.15) is 0 Å². The van der Waals surface area contributed by atoms with Crippen molar-refractivity contribution in [2.45, 2.75) is 12.8 Å². The molecule has 36 valence electrons. The van der Waals surface area contributed by atoms with Crippen LogP contribution in [0, 0.1) is 0 Å². The van der Waals surface area contributed by atoms with Crippen molar-refractivity contribution in [3.05, 3.63) is 0 Å². The lowest BCUT2D eigenvalue weighted by atomic mass is 10.4. The van der Waals surface area contributed by atoms with Gasteiger partial charge in [-0.15, -0.1) is 0 Å². The molecule has 0 atom stereocenters. The van der Waals surface area contributed by atoms with E-state index in [9.17, 15) is 4.21 Å². The maximum Gasteiger partial charge on any atom is 0.0235 e. The molecular formula is C4H8OS. The molecule has 0 N–H and O–H groups in total. The molecule has 1 fully saturated rings. The summed E-state index contributed by atoms with van der Waals surface area (Å²) in [5.41, 5.74) is 0. The molecule has 0 bridgehead atoms. The topological polar surface area (TPSA) is 17.1 Å². The van der Waals surface area contributed by atoms with Gasteiger partial charge in [0.2, 0.25) is 0 Å². The summed E-state index contributed by atoms with van der Waals surface area (Å²) in [5.74, 6) is 1.92. The molecule has 0 aromatic rings. The van der Waals surface area contributed by atoms with E-state index in [-0.39, 0.29) is 0 Å². The minimum absolute atomic E-state index is 0.423. The largest absolute Gasteiger partial charge is 0.260 e. The third-order valence-electron chi connectivity index (χ3n) is 0.994.